The van der Waals surface area contributed by atoms with E-state index in [0.29, 0.717) is 5.41 Å². The van der Waals surface area contributed by atoms with E-state index in [0.717, 1.165) is 5.92 Å². The van der Waals surface area contributed by atoms with Crippen molar-refractivity contribution < 1.29 is 0 Å². The molecule has 1 atom stereocenters. The van der Waals surface area contributed by atoms with Crippen molar-refractivity contribution in [3.05, 3.63) is 35.0 Å². The average molecular weight is 253 g/mol. The fraction of sp³-hybridized carbons (Fsp3) is 0.556. The Morgan fingerprint density at radius 3 is 2.74 bits per heavy atom. The summed E-state index contributed by atoms with van der Waals surface area (Å²) < 4.78 is 0. The molecule has 1 aromatic carbocycles. The van der Waals surface area contributed by atoms with Crippen molar-refractivity contribution in [2.45, 2.75) is 63.7 Å². The zero-order valence-electron chi connectivity index (χ0n) is 12.1. The molecule has 2 aliphatic carbocycles. The summed E-state index contributed by atoms with van der Waals surface area (Å²) in [6, 6.07) is 7.07. The van der Waals surface area contributed by atoms with Gasteiger partial charge in [-0.1, -0.05) is 38.3 Å². The number of benzene rings is 1. The van der Waals surface area contributed by atoms with Crippen LogP contribution in [0, 0.1) is 6.92 Å². The van der Waals surface area contributed by atoms with Crippen molar-refractivity contribution in [3.8, 4) is 0 Å². The van der Waals surface area contributed by atoms with E-state index in [4.69, 9.17) is 0 Å². The molecule has 0 aliphatic heterocycles. The van der Waals surface area contributed by atoms with Crippen LogP contribution >= 0.6 is 0 Å². The van der Waals surface area contributed by atoms with E-state index in [1.165, 1.54) is 55.1 Å². The first-order chi connectivity index (χ1) is 9.20. The summed E-state index contributed by atoms with van der Waals surface area (Å²) in [5, 5.41) is 1.40. The highest BCUT2D eigenvalue weighted by atomic mass is 14.7. The van der Waals surface area contributed by atoms with Crippen LogP contribution in [0.1, 0.15) is 68.2 Å². The van der Waals surface area contributed by atoms with Gasteiger partial charge in [0.1, 0.15) is 0 Å². The maximum Gasteiger partial charge on any atom is 0.0494 e. The van der Waals surface area contributed by atoms with Crippen LogP contribution in [0.2, 0.25) is 0 Å². The minimum Gasteiger partial charge on any atom is -0.358 e. The smallest absolute Gasteiger partial charge is 0.0494 e. The lowest BCUT2D eigenvalue weighted by atomic mass is 9.70. The van der Waals surface area contributed by atoms with Crippen molar-refractivity contribution >= 4 is 10.9 Å². The Morgan fingerprint density at radius 2 is 1.95 bits per heavy atom. The van der Waals surface area contributed by atoms with E-state index in [2.05, 4.69) is 37.0 Å². The molecule has 2 aliphatic rings. The fourth-order valence-corrected chi connectivity index (χ4v) is 4.84. The van der Waals surface area contributed by atoms with Gasteiger partial charge in [-0.2, -0.15) is 0 Å². The second-order valence-electron chi connectivity index (χ2n) is 6.89. The second-order valence-corrected chi connectivity index (χ2v) is 6.89. The Labute approximate surface area is 115 Å². The Morgan fingerprint density at radius 1 is 1.16 bits per heavy atom. The Bertz CT molecular complexity index is 628. The van der Waals surface area contributed by atoms with Gasteiger partial charge in [-0.05, 0) is 60.1 Å². The zero-order chi connectivity index (χ0) is 13.0. The normalized spacial score (nSPS) is 25.1. The Kier molecular flexibility index (Phi) is 2.36. The first-order valence-electron chi connectivity index (χ1n) is 7.82. The average Bonchev–Trinajstić information content (AvgIpc) is 2.89. The van der Waals surface area contributed by atoms with Gasteiger partial charge in [-0.3, -0.25) is 0 Å². The number of aryl methyl sites for hydroxylation is 1. The molecule has 1 fully saturated rings. The molecule has 1 saturated carbocycles. The third-order valence-electron chi connectivity index (χ3n) is 5.54. The van der Waals surface area contributed by atoms with Crippen molar-refractivity contribution in [1.29, 1.82) is 0 Å². The topological polar surface area (TPSA) is 15.8 Å². The van der Waals surface area contributed by atoms with Crippen LogP contribution in [0.5, 0.6) is 0 Å². The lowest BCUT2D eigenvalue weighted by Gasteiger charge is -2.34. The number of aromatic amines is 1. The molecule has 1 aromatic heterocycles. The minimum absolute atomic E-state index is 0.514. The molecule has 19 heavy (non-hydrogen) atoms. The molecule has 1 unspecified atom stereocenters. The monoisotopic (exact) mass is 253 g/mol. The van der Waals surface area contributed by atoms with Gasteiger partial charge in [-0.25, -0.2) is 0 Å². The summed E-state index contributed by atoms with van der Waals surface area (Å²) in [5.74, 6) is 0.717. The van der Waals surface area contributed by atoms with Crippen LogP contribution in [0.4, 0.5) is 0 Å². The second kappa shape index (κ2) is 3.88. The third kappa shape index (κ3) is 1.54. The predicted molar refractivity (Wildman–Crippen MR) is 80.8 cm³/mol. The number of nitrogens with one attached hydrogen (secondary N) is 1. The van der Waals surface area contributed by atoms with Crippen molar-refractivity contribution in [3.63, 3.8) is 0 Å². The maximum absolute atomic E-state index is 3.61. The van der Waals surface area contributed by atoms with E-state index in [1.807, 2.05) is 0 Å². The number of hydrogen-bond acceptors (Lipinski definition) is 0. The van der Waals surface area contributed by atoms with Gasteiger partial charge >= 0.3 is 0 Å². The number of H-pyrrole nitrogens is 1. The van der Waals surface area contributed by atoms with Crippen LogP contribution in [-0.4, -0.2) is 4.98 Å². The van der Waals surface area contributed by atoms with Gasteiger partial charge in [0.05, 0.1) is 0 Å². The van der Waals surface area contributed by atoms with Crippen molar-refractivity contribution in [1.82, 2.24) is 4.98 Å². The number of rotatable bonds is 0. The largest absolute Gasteiger partial charge is 0.358 e. The molecular formula is C18H23N. The molecule has 0 radical (unpaired) electrons. The SMILES string of the molecule is Cc1cc2ccc3c(c2[nH]1)C(C)CC31CCCCC1. The highest BCUT2D eigenvalue weighted by Crippen LogP contribution is 2.54. The summed E-state index contributed by atoms with van der Waals surface area (Å²) >= 11 is 0. The predicted octanol–water partition coefficient (Wildman–Crippen LogP) is 5.19. The van der Waals surface area contributed by atoms with E-state index < -0.39 is 0 Å². The van der Waals surface area contributed by atoms with Gasteiger partial charge in [0.15, 0.2) is 0 Å². The molecule has 1 heterocycles. The van der Waals surface area contributed by atoms with E-state index in [9.17, 15) is 0 Å². The summed E-state index contributed by atoms with van der Waals surface area (Å²) in [6.07, 6.45) is 8.49. The summed E-state index contributed by atoms with van der Waals surface area (Å²) in [7, 11) is 0. The van der Waals surface area contributed by atoms with Crippen molar-refractivity contribution in [2.75, 3.05) is 0 Å². The van der Waals surface area contributed by atoms with Crippen molar-refractivity contribution in [2.24, 2.45) is 0 Å². The summed E-state index contributed by atoms with van der Waals surface area (Å²) in [6.45, 7) is 4.60. The van der Waals surface area contributed by atoms with Crippen LogP contribution in [0.3, 0.4) is 0 Å². The molecule has 4 rings (SSSR count). The van der Waals surface area contributed by atoms with E-state index in [1.54, 1.807) is 11.1 Å². The maximum atomic E-state index is 3.61. The lowest BCUT2D eigenvalue weighted by Crippen LogP contribution is -2.26. The molecule has 100 valence electrons. The van der Waals surface area contributed by atoms with E-state index >= 15 is 0 Å². The van der Waals surface area contributed by atoms with Gasteiger partial charge in [0.2, 0.25) is 0 Å². The first kappa shape index (κ1) is 11.6. The van der Waals surface area contributed by atoms with Crippen LogP contribution in [0.15, 0.2) is 18.2 Å². The summed E-state index contributed by atoms with van der Waals surface area (Å²) in [4.78, 5) is 3.61. The minimum atomic E-state index is 0.514. The highest BCUT2D eigenvalue weighted by Gasteiger charge is 2.43. The molecule has 1 nitrogen and oxygen atoms in total. The van der Waals surface area contributed by atoms with Crippen LogP contribution < -0.4 is 0 Å². The third-order valence-corrected chi connectivity index (χ3v) is 5.54. The molecule has 2 aromatic rings. The number of fused-ring (bicyclic) bond motifs is 4. The molecule has 1 spiro atoms. The standard InChI is InChI=1S/C18H23N/c1-12-11-18(8-4-3-5-9-18)15-7-6-14-10-13(2)19-17(14)16(12)15/h6-7,10,12,19H,3-5,8-9,11H2,1-2H3. The first-order valence-corrected chi connectivity index (χ1v) is 7.82. The molecule has 0 bridgehead atoms. The Hall–Kier alpha value is -1.24. The quantitative estimate of drug-likeness (QED) is 0.665. The molecule has 1 N–H and O–H groups in total. The molecular weight excluding hydrogens is 230 g/mol. The fourth-order valence-electron chi connectivity index (χ4n) is 4.84. The molecule has 1 heteroatoms. The van der Waals surface area contributed by atoms with E-state index in [-0.39, 0.29) is 0 Å². The molecule has 0 amide bonds. The Balaban J connectivity index is 1.95. The van der Waals surface area contributed by atoms with Gasteiger partial charge in [0.25, 0.3) is 0 Å². The summed E-state index contributed by atoms with van der Waals surface area (Å²) in [5.41, 5.74) is 6.53. The number of hydrogen-bond donors (Lipinski definition) is 1. The van der Waals surface area contributed by atoms with Gasteiger partial charge in [0, 0.05) is 11.2 Å². The highest BCUT2D eigenvalue weighted by molar-refractivity contribution is 5.86. The van der Waals surface area contributed by atoms with Crippen LogP contribution in [-0.2, 0) is 5.41 Å². The number of aromatic nitrogens is 1. The molecule has 0 saturated heterocycles. The lowest BCUT2D eigenvalue weighted by molar-refractivity contribution is 0.283. The van der Waals surface area contributed by atoms with Gasteiger partial charge < -0.3 is 4.98 Å². The van der Waals surface area contributed by atoms with Crippen LogP contribution in [0.25, 0.3) is 10.9 Å². The van der Waals surface area contributed by atoms with Gasteiger partial charge in [-0.15, -0.1) is 0 Å². The zero-order valence-corrected chi connectivity index (χ0v) is 12.1.